The van der Waals surface area contributed by atoms with Gasteiger partial charge in [0.1, 0.15) is 0 Å². The predicted octanol–water partition coefficient (Wildman–Crippen LogP) is 3.07. The maximum Gasteiger partial charge on any atom is 0.200 e. The van der Waals surface area contributed by atoms with Crippen molar-refractivity contribution in [1.29, 1.82) is 0 Å². The summed E-state index contributed by atoms with van der Waals surface area (Å²) in [6.45, 7) is 2.20. The molecule has 3 heteroatoms. The summed E-state index contributed by atoms with van der Waals surface area (Å²) in [5.74, 6) is 0.799. The average Bonchev–Trinajstić information content (AvgIpc) is 2.79. The Hall–Kier alpha value is -1.77. The highest BCUT2D eigenvalue weighted by Crippen LogP contribution is 2.19. The van der Waals surface area contributed by atoms with E-state index in [1.54, 1.807) is 0 Å². The summed E-state index contributed by atoms with van der Waals surface area (Å²) in [4.78, 5) is 7.41. The van der Waals surface area contributed by atoms with Crippen LogP contribution in [0.2, 0.25) is 0 Å². The van der Waals surface area contributed by atoms with Gasteiger partial charge in [0.15, 0.2) is 5.95 Å². The fraction of sp³-hybridized carbons (Fsp3) is 0.308. The van der Waals surface area contributed by atoms with Crippen LogP contribution in [0.3, 0.4) is 0 Å². The second kappa shape index (κ2) is 4.84. The molecule has 0 amide bonds. The molecule has 2 rings (SSSR count). The van der Waals surface area contributed by atoms with Crippen molar-refractivity contribution in [2.45, 2.75) is 19.8 Å². The smallest absolute Gasteiger partial charge is 0.200 e. The molecule has 0 radical (unpaired) electrons. The first kappa shape index (κ1) is 10.7. The topological polar surface area (TPSA) is 40.7 Å². The van der Waals surface area contributed by atoms with Crippen LogP contribution in [0, 0.1) is 0 Å². The van der Waals surface area contributed by atoms with Gasteiger partial charge in [-0.2, -0.15) is 0 Å². The van der Waals surface area contributed by atoms with E-state index in [2.05, 4.69) is 46.5 Å². The highest BCUT2D eigenvalue weighted by molar-refractivity contribution is 5.60. The van der Waals surface area contributed by atoms with E-state index in [0.717, 1.165) is 18.1 Å². The number of anilines is 1. The van der Waals surface area contributed by atoms with E-state index in [1.807, 2.05) is 13.2 Å². The van der Waals surface area contributed by atoms with Crippen molar-refractivity contribution in [3.05, 3.63) is 36.0 Å². The summed E-state index contributed by atoms with van der Waals surface area (Å²) < 4.78 is 0. The lowest BCUT2D eigenvalue weighted by Crippen LogP contribution is -1.89. The molecule has 3 nitrogen and oxygen atoms in total. The van der Waals surface area contributed by atoms with Gasteiger partial charge in [-0.15, -0.1) is 0 Å². The zero-order valence-corrected chi connectivity index (χ0v) is 9.75. The Morgan fingerprint density at radius 2 is 2.00 bits per heavy atom. The molecule has 16 heavy (non-hydrogen) atoms. The van der Waals surface area contributed by atoms with E-state index in [-0.39, 0.29) is 0 Å². The zero-order chi connectivity index (χ0) is 11.4. The number of hydrogen-bond acceptors (Lipinski definition) is 2. The van der Waals surface area contributed by atoms with Crippen molar-refractivity contribution < 1.29 is 0 Å². The van der Waals surface area contributed by atoms with Crippen LogP contribution < -0.4 is 5.32 Å². The lowest BCUT2D eigenvalue weighted by Gasteiger charge is -2.01. The molecule has 0 fully saturated rings. The molecule has 0 atom stereocenters. The molecule has 0 spiro atoms. The van der Waals surface area contributed by atoms with Gasteiger partial charge in [-0.1, -0.05) is 37.6 Å². The Labute approximate surface area is 95.9 Å². The van der Waals surface area contributed by atoms with Crippen LogP contribution in [0.1, 0.15) is 18.9 Å². The normalized spacial score (nSPS) is 10.4. The number of hydrogen-bond donors (Lipinski definition) is 2. The number of aromatic nitrogens is 2. The molecule has 2 aromatic rings. The number of imidazole rings is 1. The van der Waals surface area contributed by atoms with Crippen LogP contribution in [0.15, 0.2) is 30.5 Å². The van der Waals surface area contributed by atoms with Crippen molar-refractivity contribution in [3.8, 4) is 11.3 Å². The molecule has 0 aliphatic carbocycles. The van der Waals surface area contributed by atoms with Gasteiger partial charge in [-0.05, 0) is 17.5 Å². The highest BCUT2D eigenvalue weighted by atomic mass is 15.1. The minimum atomic E-state index is 0.799. The minimum Gasteiger partial charge on any atom is -0.359 e. The second-order valence-corrected chi connectivity index (χ2v) is 3.84. The maximum atomic E-state index is 4.20. The van der Waals surface area contributed by atoms with Crippen molar-refractivity contribution in [2.75, 3.05) is 12.4 Å². The lowest BCUT2D eigenvalue weighted by atomic mass is 10.1. The third kappa shape index (κ3) is 2.24. The fourth-order valence-electron chi connectivity index (χ4n) is 1.73. The average molecular weight is 215 g/mol. The first-order valence-corrected chi connectivity index (χ1v) is 5.65. The summed E-state index contributed by atoms with van der Waals surface area (Å²) in [5.41, 5.74) is 3.61. The number of aryl methyl sites for hydroxylation is 1. The van der Waals surface area contributed by atoms with Crippen LogP contribution in [0.5, 0.6) is 0 Å². The zero-order valence-electron chi connectivity index (χ0n) is 9.75. The van der Waals surface area contributed by atoms with Gasteiger partial charge in [0.25, 0.3) is 0 Å². The van der Waals surface area contributed by atoms with E-state index >= 15 is 0 Å². The molecule has 1 aromatic heterocycles. The number of H-pyrrole nitrogens is 1. The molecule has 0 saturated carbocycles. The number of nitrogens with zero attached hydrogens (tertiary/aromatic N) is 1. The molecule has 84 valence electrons. The van der Waals surface area contributed by atoms with Gasteiger partial charge < -0.3 is 10.3 Å². The highest BCUT2D eigenvalue weighted by Gasteiger charge is 2.01. The third-order valence-corrected chi connectivity index (χ3v) is 2.62. The van der Waals surface area contributed by atoms with E-state index in [9.17, 15) is 0 Å². The third-order valence-electron chi connectivity index (χ3n) is 2.62. The molecule has 0 saturated heterocycles. The molecule has 1 heterocycles. The molecular formula is C13H17N3. The largest absolute Gasteiger partial charge is 0.359 e. The van der Waals surface area contributed by atoms with E-state index < -0.39 is 0 Å². The molecule has 0 unspecified atom stereocenters. The lowest BCUT2D eigenvalue weighted by molar-refractivity contribution is 0.922. The first-order valence-electron chi connectivity index (χ1n) is 5.65. The molecule has 0 bridgehead atoms. The Morgan fingerprint density at radius 1 is 1.25 bits per heavy atom. The monoisotopic (exact) mass is 215 g/mol. The predicted molar refractivity (Wildman–Crippen MR) is 67.6 cm³/mol. The van der Waals surface area contributed by atoms with E-state index in [1.165, 1.54) is 17.5 Å². The second-order valence-electron chi connectivity index (χ2n) is 3.84. The molecular weight excluding hydrogens is 198 g/mol. The van der Waals surface area contributed by atoms with E-state index in [0.29, 0.717) is 0 Å². The molecule has 0 aliphatic rings. The fourth-order valence-corrected chi connectivity index (χ4v) is 1.73. The maximum absolute atomic E-state index is 4.20. The standard InChI is InChI=1S/C13H17N3/c1-3-4-10-5-7-11(8-6-10)12-9-15-13(14-2)16-12/h5-9H,3-4H2,1-2H3,(H2,14,15,16). The summed E-state index contributed by atoms with van der Waals surface area (Å²) in [7, 11) is 1.85. The minimum absolute atomic E-state index is 0.799. The molecule has 1 aromatic carbocycles. The Kier molecular flexibility index (Phi) is 3.25. The number of nitrogens with one attached hydrogen (secondary N) is 2. The van der Waals surface area contributed by atoms with Crippen LogP contribution in [0.4, 0.5) is 5.95 Å². The summed E-state index contributed by atoms with van der Waals surface area (Å²) in [6, 6.07) is 8.63. The summed E-state index contributed by atoms with van der Waals surface area (Å²) >= 11 is 0. The summed E-state index contributed by atoms with van der Waals surface area (Å²) in [6.07, 6.45) is 4.18. The van der Waals surface area contributed by atoms with Gasteiger partial charge in [-0.25, -0.2) is 4.98 Å². The molecule has 0 aliphatic heterocycles. The van der Waals surface area contributed by atoms with Crippen molar-refractivity contribution >= 4 is 5.95 Å². The van der Waals surface area contributed by atoms with Crippen LogP contribution in [-0.2, 0) is 6.42 Å². The van der Waals surface area contributed by atoms with Crippen molar-refractivity contribution in [2.24, 2.45) is 0 Å². The van der Waals surface area contributed by atoms with Crippen molar-refractivity contribution in [1.82, 2.24) is 9.97 Å². The summed E-state index contributed by atoms with van der Waals surface area (Å²) in [5, 5.41) is 2.98. The van der Waals surface area contributed by atoms with Gasteiger partial charge in [0.2, 0.25) is 0 Å². The van der Waals surface area contributed by atoms with Gasteiger partial charge in [-0.3, -0.25) is 0 Å². The number of benzene rings is 1. The van der Waals surface area contributed by atoms with Gasteiger partial charge in [0.05, 0.1) is 11.9 Å². The van der Waals surface area contributed by atoms with Crippen molar-refractivity contribution in [3.63, 3.8) is 0 Å². The number of rotatable bonds is 4. The molecule has 2 N–H and O–H groups in total. The Bertz CT molecular complexity index is 442. The SMILES string of the molecule is CCCc1ccc(-c2cnc(NC)[nH]2)cc1. The Morgan fingerprint density at radius 3 is 2.56 bits per heavy atom. The first-order chi connectivity index (χ1) is 7.83. The Balaban J connectivity index is 2.20. The van der Waals surface area contributed by atoms with Gasteiger partial charge in [0, 0.05) is 7.05 Å². The van der Waals surface area contributed by atoms with Crippen LogP contribution in [0.25, 0.3) is 11.3 Å². The van der Waals surface area contributed by atoms with Crippen LogP contribution in [-0.4, -0.2) is 17.0 Å². The quantitative estimate of drug-likeness (QED) is 0.823. The number of aromatic amines is 1. The van der Waals surface area contributed by atoms with Gasteiger partial charge >= 0.3 is 0 Å². The van der Waals surface area contributed by atoms with Crippen LogP contribution >= 0.6 is 0 Å². The van der Waals surface area contributed by atoms with E-state index in [4.69, 9.17) is 0 Å².